The molecule has 162 valence electrons. The number of carbonyl (C=O) groups excluding carboxylic acids is 1. The molecule has 0 fully saturated rings. The van der Waals surface area contributed by atoms with Crippen LogP contribution in [0.4, 0.5) is 8.78 Å². The molecule has 8 nitrogen and oxygen atoms in total. The Balaban J connectivity index is 1.56. The third-order valence-corrected chi connectivity index (χ3v) is 7.00. The summed E-state index contributed by atoms with van der Waals surface area (Å²) in [6.45, 7) is 4.63. The van der Waals surface area contributed by atoms with Crippen molar-refractivity contribution < 1.29 is 18.0 Å². The van der Waals surface area contributed by atoms with Crippen LogP contribution in [-0.2, 0) is 22.8 Å². The molecule has 3 aliphatic rings. The monoisotopic (exact) mass is 446 g/mol. The Kier molecular flexibility index (Phi) is 4.47. The maximum Gasteiger partial charge on any atom is 0.292 e. The predicted octanol–water partition coefficient (Wildman–Crippen LogP) is 3.86. The van der Waals surface area contributed by atoms with Crippen LogP contribution in [0.5, 0.6) is 0 Å². The van der Waals surface area contributed by atoms with Crippen molar-refractivity contribution in [2.24, 2.45) is 4.47 Å². The number of alkyl halides is 1. The van der Waals surface area contributed by atoms with Crippen LogP contribution in [0.1, 0.15) is 52.7 Å². The molecule has 31 heavy (non-hydrogen) atoms. The number of H-pyrrole nitrogens is 1. The summed E-state index contributed by atoms with van der Waals surface area (Å²) < 4.78 is 38.8. The van der Waals surface area contributed by atoms with E-state index in [1.807, 2.05) is 0 Å². The lowest BCUT2D eigenvalue weighted by Gasteiger charge is -2.34. The normalized spacial score (nSPS) is 22.6. The first-order valence-corrected chi connectivity index (χ1v) is 11.0. The maximum absolute atomic E-state index is 14.3. The number of carbonyl (C=O) groups is 1. The molecule has 11 heteroatoms. The van der Waals surface area contributed by atoms with E-state index < -0.39 is 33.5 Å². The van der Waals surface area contributed by atoms with E-state index in [2.05, 4.69) is 19.4 Å². The molecule has 5 heterocycles. The van der Waals surface area contributed by atoms with Crippen molar-refractivity contribution in [2.45, 2.75) is 38.2 Å². The zero-order valence-electron chi connectivity index (χ0n) is 17.1. The molecule has 1 amide bonds. The lowest BCUT2D eigenvalue weighted by molar-refractivity contribution is 0.0679. The number of halogens is 2. The Labute approximate surface area is 179 Å². The van der Waals surface area contributed by atoms with Gasteiger partial charge in [0.2, 0.25) is 11.7 Å². The fraction of sp³-hybridized carbons (Fsp3) is 0.350. The van der Waals surface area contributed by atoms with Crippen molar-refractivity contribution in [1.29, 1.82) is 0 Å². The number of aromatic amines is 1. The Morgan fingerprint density at radius 3 is 2.94 bits per heavy atom. The molecule has 0 saturated heterocycles. The SMILES string of the molecule is Cc1nc(C(C)(C)F)oc1C(=O)N1CCc2[nH]cnc2[C@@H]1S1=NN2C=CC=C(F)C2=C1. The number of aromatic nitrogens is 3. The Morgan fingerprint density at radius 2 is 2.23 bits per heavy atom. The predicted molar refractivity (Wildman–Crippen MR) is 109 cm³/mol. The van der Waals surface area contributed by atoms with Gasteiger partial charge < -0.3 is 14.3 Å². The minimum atomic E-state index is -1.81. The summed E-state index contributed by atoms with van der Waals surface area (Å²) in [5, 5.41) is 2.65. The topological polar surface area (TPSA) is 90.6 Å². The first kappa shape index (κ1) is 19.9. The second-order valence-corrected chi connectivity index (χ2v) is 9.44. The molecule has 0 aromatic carbocycles. The Bertz CT molecular complexity index is 1200. The van der Waals surface area contributed by atoms with Crippen LogP contribution < -0.4 is 0 Å². The highest BCUT2D eigenvalue weighted by Crippen LogP contribution is 2.39. The summed E-state index contributed by atoms with van der Waals surface area (Å²) >= 11 is 0. The quantitative estimate of drug-likeness (QED) is 0.773. The van der Waals surface area contributed by atoms with Gasteiger partial charge in [0.1, 0.15) is 16.9 Å². The van der Waals surface area contributed by atoms with Crippen molar-refractivity contribution in [3.63, 3.8) is 0 Å². The summed E-state index contributed by atoms with van der Waals surface area (Å²) in [7, 11) is -0.892. The molecule has 0 saturated carbocycles. The van der Waals surface area contributed by atoms with E-state index in [0.29, 0.717) is 30.1 Å². The number of aryl methyl sites for hydroxylation is 1. The number of oxazole rings is 1. The molecular formula is C20H20F2N6O2S. The number of rotatable bonds is 3. The third-order valence-electron chi connectivity index (χ3n) is 5.24. The summed E-state index contributed by atoms with van der Waals surface area (Å²) in [5.74, 6) is -0.967. The van der Waals surface area contributed by atoms with Crippen molar-refractivity contribution in [3.8, 4) is 0 Å². The van der Waals surface area contributed by atoms with Gasteiger partial charge in [0.05, 0.1) is 17.7 Å². The summed E-state index contributed by atoms with van der Waals surface area (Å²) in [6.07, 6.45) is 6.75. The molecule has 1 unspecified atom stereocenters. The van der Waals surface area contributed by atoms with Gasteiger partial charge in [-0.3, -0.25) is 4.79 Å². The van der Waals surface area contributed by atoms with Crippen molar-refractivity contribution >= 4 is 16.6 Å². The number of nitrogens with one attached hydrogen (secondary N) is 1. The molecule has 5 rings (SSSR count). The zero-order valence-corrected chi connectivity index (χ0v) is 17.9. The molecule has 2 atom stereocenters. The maximum atomic E-state index is 14.3. The molecule has 1 N–H and O–H groups in total. The number of hydrogen-bond donors (Lipinski definition) is 1. The van der Waals surface area contributed by atoms with Crippen LogP contribution in [0, 0.1) is 6.92 Å². The lowest BCUT2D eigenvalue weighted by Crippen LogP contribution is -2.41. The van der Waals surface area contributed by atoms with Gasteiger partial charge in [-0.25, -0.2) is 23.8 Å². The molecule has 0 spiro atoms. The van der Waals surface area contributed by atoms with Crippen LogP contribution in [0.25, 0.3) is 0 Å². The zero-order chi connectivity index (χ0) is 21.9. The molecule has 0 bridgehead atoms. The third kappa shape index (κ3) is 3.23. The average molecular weight is 446 g/mol. The minimum absolute atomic E-state index is 0.0103. The second-order valence-electron chi connectivity index (χ2n) is 7.91. The summed E-state index contributed by atoms with van der Waals surface area (Å²) in [6, 6.07) is 0. The van der Waals surface area contributed by atoms with Crippen molar-refractivity contribution in [3.05, 3.63) is 70.3 Å². The van der Waals surface area contributed by atoms with Gasteiger partial charge in [0.25, 0.3) is 5.91 Å². The fourth-order valence-electron chi connectivity index (χ4n) is 3.69. The smallest absolute Gasteiger partial charge is 0.292 e. The summed E-state index contributed by atoms with van der Waals surface area (Å²) in [5.41, 5.74) is 0.438. The van der Waals surface area contributed by atoms with Crippen LogP contribution >= 0.6 is 0 Å². The number of allylic oxidation sites excluding steroid dienone is 3. The highest BCUT2D eigenvalue weighted by atomic mass is 32.2. The Hall–Kier alpha value is -3.08. The van der Waals surface area contributed by atoms with Crippen molar-refractivity contribution in [2.75, 3.05) is 6.54 Å². The van der Waals surface area contributed by atoms with Gasteiger partial charge >= 0.3 is 0 Å². The van der Waals surface area contributed by atoms with Crippen LogP contribution in [0.3, 0.4) is 0 Å². The van der Waals surface area contributed by atoms with Gasteiger partial charge in [-0.1, -0.05) is 0 Å². The largest absolute Gasteiger partial charge is 0.432 e. The van der Waals surface area contributed by atoms with E-state index in [0.717, 1.165) is 5.69 Å². The van der Waals surface area contributed by atoms with E-state index in [4.69, 9.17) is 4.42 Å². The first-order chi connectivity index (χ1) is 14.7. The van der Waals surface area contributed by atoms with E-state index in [-0.39, 0.29) is 11.7 Å². The average Bonchev–Trinajstić information content (AvgIpc) is 3.44. The van der Waals surface area contributed by atoms with Crippen molar-refractivity contribution in [1.82, 2.24) is 24.9 Å². The molecule has 2 aromatic heterocycles. The van der Waals surface area contributed by atoms with Gasteiger partial charge in [0, 0.05) is 30.3 Å². The number of hydrogen-bond acceptors (Lipinski definition) is 6. The molecular weight excluding hydrogens is 426 g/mol. The van der Waals surface area contributed by atoms with Crippen LogP contribution in [0.2, 0.25) is 0 Å². The molecule has 2 aromatic rings. The molecule has 0 aliphatic carbocycles. The second kappa shape index (κ2) is 6.98. The van der Waals surface area contributed by atoms with E-state index in [1.165, 1.54) is 24.9 Å². The lowest BCUT2D eigenvalue weighted by atomic mass is 10.1. The number of nitrogens with zero attached hydrogens (tertiary/aromatic N) is 5. The van der Waals surface area contributed by atoms with Gasteiger partial charge in [-0.2, -0.15) is 0 Å². The van der Waals surface area contributed by atoms with Crippen LogP contribution in [-0.4, -0.2) is 37.3 Å². The van der Waals surface area contributed by atoms with E-state index >= 15 is 0 Å². The Morgan fingerprint density at radius 1 is 1.42 bits per heavy atom. The molecule has 3 aliphatic heterocycles. The van der Waals surface area contributed by atoms with Gasteiger partial charge in [0.15, 0.2) is 5.67 Å². The number of fused-ring (bicyclic) bond motifs is 2. The number of amides is 1. The highest BCUT2D eigenvalue weighted by molar-refractivity contribution is 7.90. The standard InChI is InChI=1S/C20H20F2N6O2S/c1-11-16(30-19(25-11)20(2,3)22)17(29)27-8-6-13-15(24-10-23-13)18(27)31-9-14-12(21)5-4-7-28(14)26-31/h4-5,7,9-10,18H,6,8H2,1-3H3,(H,23,24)/t18-,31?/m0/s1. The van der Waals surface area contributed by atoms with Crippen LogP contribution in [0.15, 0.2) is 50.5 Å². The summed E-state index contributed by atoms with van der Waals surface area (Å²) in [4.78, 5) is 26.8. The van der Waals surface area contributed by atoms with E-state index in [9.17, 15) is 13.6 Å². The fourth-order valence-corrected chi connectivity index (χ4v) is 5.64. The van der Waals surface area contributed by atoms with E-state index in [1.54, 1.807) is 35.8 Å². The first-order valence-electron chi connectivity index (χ1n) is 9.73. The van der Waals surface area contributed by atoms with Gasteiger partial charge in [-0.05, 0) is 43.6 Å². The molecule has 0 radical (unpaired) electrons. The number of imidazole rings is 1. The highest BCUT2D eigenvalue weighted by Gasteiger charge is 2.40. The van der Waals surface area contributed by atoms with Gasteiger partial charge in [-0.15, -0.1) is 4.47 Å². The minimum Gasteiger partial charge on any atom is -0.432 e.